The molecule has 0 radical (unpaired) electrons. The Bertz CT molecular complexity index is 1280. The molecule has 3 aliphatic rings. The van der Waals surface area contributed by atoms with Crippen LogP contribution in [0, 0.1) is 17.8 Å². The molecular weight excluding hydrogens is 557 g/mol. The highest BCUT2D eigenvalue weighted by Crippen LogP contribution is 2.35. The van der Waals surface area contributed by atoms with Crippen molar-refractivity contribution in [1.29, 1.82) is 0 Å². The van der Waals surface area contributed by atoms with Crippen LogP contribution in [0.15, 0.2) is 22.7 Å². The molecule has 2 aliphatic heterocycles. The summed E-state index contributed by atoms with van der Waals surface area (Å²) in [5.41, 5.74) is -1.16. The van der Waals surface area contributed by atoms with Crippen LogP contribution >= 0.6 is 0 Å². The first-order valence-electron chi connectivity index (χ1n) is 14.4. The van der Waals surface area contributed by atoms with Crippen molar-refractivity contribution >= 4 is 35.3 Å². The van der Waals surface area contributed by atoms with E-state index in [1.165, 1.54) is 6.20 Å². The van der Waals surface area contributed by atoms with Gasteiger partial charge in [-0.3, -0.25) is 14.4 Å². The summed E-state index contributed by atoms with van der Waals surface area (Å²) in [7, 11) is 0. The number of carbonyl (C=O) groups is 3. The first-order chi connectivity index (χ1) is 20.0. The number of carboxylic acid groups (broad SMARTS) is 1. The molecule has 228 valence electrons. The molecule has 14 heteroatoms. The van der Waals surface area contributed by atoms with Crippen molar-refractivity contribution in [2.45, 2.75) is 51.6 Å². The Morgan fingerprint density at radius 2 is 1.67 bits per heavy atom. The molecule has 0 spiro atoms. The molecular formula is C28H35F3N6O5. The normalized spacial score (nSPS) is 23.5. The predicted molar refractivity (Wildman–Crippen MR) is 146 cm³/mol. The van der Waals surface area contributed by atoms with Crippen LogP contribution in [0.3, 0.4) is 0 Å². The number of rotatable bonds is 6. The Kier molecular flexibility index (Phi) is 8.60. The molecule has 2 aromatic heterocycles. The minimum atomic E-state index is -4.86. The lowest BCUT2D eigenvalue weighted by molar-refractivity contribution is -0.145. The standard InChI is InChI=1S/C28H35F3N6O5/c1-17-3-2-10-37(16-17)27-34-23(28(29,30)31)22(42-27)24(38)33-20-8-9-21(32-15-20)35-11-13-36(14-12-35)25(39)18-4-6-19(7-5-18)26(40)41/h8-9,15,17-19H,2-7,10-14,16H2,1H3,(H,33,38)(H,40,41)/t17?,18-,19+. The van der Waals surface area contributed by atoms with Gasteiger partial charge in [-0.25, -0.2) is 4.98 Å². The fourth-order valence-electron chi connectivity index (χ4n) is 5.99. The van der Waals surface area contributed by atoms with Crippen molar-refractivity contribution < 1.29 is 37.1 Å². The number of oxazole rings is 1. The maximum absolute atomic E-state index is 13.7. The highest BCUT2D eigenvalue weighted by atomic mass is 19.4. The number of halogens is 3. The van der Waals surface area contributed by atoms with Crippen molar-refractivity contribution in [2.24, 2.45) is 17.8 Å². The average Bonchev–Trinajstić information content (AvgIpc) is 3.44. The quantitative estimate of drug-likeness (QED) is 0.509. The fourth-order valence-corrected chi connectivity index (χ4v) is 5.99. The number of nitrogens with one attached hydrogen (secondary N) is 1. The molecule has 2 saturated heterocycles. The van der Waals surface area contributed by atoms with E-state index in [4.69, 9.17) is 4.42 Å². The van der Waals surface area contributed by atoms with Crippen LogP contribution in [0.2, 0.25) is 0 Å². The van der Waals surface area contributed by atoms with E-state index in [-0.39, 0.29) is 35.4 Å². The number of aliphatic carboxylic acids is 1. The number of hydrogen-bond donors (Lipinski definition) is 2. The molecule has 1 atom stereocenters. The van der Waals surface area contributed by atoms with E-state index in [2.05, 4.69) is 15.3 Å². The molecule has 0 bridgehead atoms. The Balaban J connectivity index is 1.17. The minimum Gasteiger partial charge on any atom is -0.481 e. The van der Waals surface area contributed by atoms with Crippen LogP contribution in [-0.2, 0) is 15.8 Å². The highest BCUT2D eigenvalue weighted by Gasteiger charge is 2.42. The average molecular weight is 593 g/mol. The van der Waals surface area contributed by atoms with Crippen LogP contribution < -0.4 is 15.1 Å². The zero-order valence-corrected chi connectivity index (χ0v) is 23.4. The maximum atomic E-state index is 13.7. The second-order valence-corrected chi connectivity index (χ2v) is 11.4. The van der Waals surface area contributed by atoms with Crippen LogP contribution in [0.4, 0.5) is 30.7 Å². The molecule has 1 aliphatic carbocycles. The molecule has 1 saturated carbocycles. The van der Waals surface area contributed by atoms with Crippen LogP contribution in [-0.4, -0.2) is 77.0 Å². The largest absolute Gasteiger partial charge is 0.481 e. The smallest absolute Gasteiger partial charge is 0.437 e. The number of piperidine rings is 1. The number of amides is 2. The summed E-state index contributed by atoms with van der Waals surface area (Å²) in [5.74, 6) is -2.32. The van der Waals surface area contributed by atoms with Crippen molar-refractivity contribution in [3.05, 3.63) is 29.8 Å². The van der Waals surface area contributed by atoms with E-state index < -0.39 is 29.5 Å². The fraction of sp³-hybridized carbons (Fsp3) is 0.607. The number of carbonyl (C=O) groups excluding carboxylic acids is 2. The predicted octanol–water partition coefficient (Wildman–Crippen LogP) is 4.12. The monoisotopic (exact) mass is 592 g/mol. The molecule has 3 fully saturated rings. The third-order valence-electron chi connectivity index (χ3n) is 8.36. The number of pyridine rings is 1. The second-order valence-electron chi connectivity index (χ2n) is 11.4. The van der Waals surface area contributed by atoms with Gasteiger partial charge in [0.1, 0.15) is 5.82 Å². The maximum Gasteiger partial charge on any atom is 0.437 e. The van der Waals surface area contributed by atoms with Crippen molar-refractivity contribution in [2.75, 3.05) is 54.4 Å². The van der Waals surface area contributed by atoms with Gasteiger partial charge in [-0.05, 0) is 56.6 Å². The Morgan fingerprint density at radius 3 is 2.26 bits per heavy atom. The summed E-state index contributed by atoms with van der Waals surface area (Å²) >= 11 is 0. The van der Waals surface area contributed by atoms with Gasteiger partial charge in [-0.15, -0.1) is 0 Å². The SMILES string of the molecule is CC1CCCN(c2nc(C(F)(F)F)c(C(=O)Nc3ccc(N4CCN(C(=O)[C@H]5CC[C@@H](C(=O)O)CC5)CC4)nc3)o2)C1. The summed E-state index contributed by atoms with van der Waals surface area (Å²) in [4.78, 5) is 50.4. The summed E-state index contributed by atoms with van der Waals surface area (Å²) in [6.45, 7) is 5.09. The molecule has 2 amide bonds. The lowest BCUT2D eigenvalue weighted by atomic mass is 9.81. The van der Waals surface area contributed by atoms with E-state index in [9.17, 15) is 32.7 Å². The van der Waals surface area contributed by atoms with E-state index in [1.54, 1.807) is 17.0 Å². The first-order valence-corrected chi connectivity index (χ1v) is 14.4. The van der Waals surface area contributed by atoms with Gasteiger partial charge in [-0.2, -0.15) is 18.2 Å². The van der Waals surface area contributed by atoms with Crippen molar-refractivity contribution in [3.8, 4) is 0 Å². The second kappa shape index (κ2) is 12.2. The summed E-state index contributed by atoms with van der Waals surface area (Å²) in [6, 6.07) is 3.00. The molecule has 4 heterocycles. The van der Waals surface area contributed by atoms with Gasteiger partial charge in [0.05, 0.1) is 17.8 Å². The summed E-state index contributed by atoms with van der Waals surface area (Å²) < 4.78 is 46.5. The molecule has 5 rings (SSSR count). The molecule has 0 aromatic carbocycles. The molecule has 42 heavy (non-hydrogen) atoms. The Labute approximate surface area is 241 Å². The zero-order valence-electron chi connectivity index (χ0n) is 23.4. The first kappa shape index (κ1) is 29.6. The van der Waals surface area contributed by atoms with Gasteiger partial charge in [0.25, 0.3) is 11.9 Å². The van der Waals surface area contributed by atoms with Crippen molar-refractivity contribution in [3.63, 3.8) is 0 Å². The highest BCUT2D eigenvalue weighted by molar-refractivity contribution is 6.03. The number of nitrogens with zero attached hydrogens (tertiary/aromatic N) is 5. The number of carboxylic acids is 1. The lowest BCUT2D eigenvalue weighted by Gasteiger charge is -2.38. The van der Waals surface area contributed by atoms with E-state index >= 15 is 0 Å². The van der Waals surface area contributed by atoms with Gasteiger partial charge >= 0.3 is 12.1 Å². The zero-order chi connectivity index (χ0) is 30.0. The van der Waals surface area contributed by atoms with E-state index in [1.807, 2.05) is 16.7 Å². The summed E-state index contributed by atoms with van der Waals surface area (Å²) in [5, 5.41) is 11.6. The van der Waals surface area contributed by atoms with Gasteiger partial charge < -0.3 is 29.5 Å². The lowest BCUT2D eigenvalue weighted by Crippen LogP contribution is -2.51. The molecule has 2 aromatic rings. The minimum absolute atomic E-state index is 0.0631. The van der Waals surface area contributed by atoms with Crippen LogP contribution in [0.5, 0.6) is 0 Å². The van der Waals surface area contributed by atoms with Gasteiger partial charge in [0.2, 0.25) is 11.7 Å². The third kappa shape index (κ3) is 6.62. The van der Waals surface area contributed by atoms with Crippen molar-refractivity contribution in [1.82, 2.24) is 14.9 Å². The van der Waals surface area contributed by atoms with Crippen LogP contribution in [0.25, 0.3) is 0 Å². The number of piperazine rings is 1. The van der Waals surface area contributed by atoms with Crippen LogP contribution in [0.1, 0.15) is 61.7 Å². The van der Waals surface area contributed by atoms with Gasteiger partial charge in [0, 0.05) is 45.2 Å². The molecule has 1 unspecified atom stereocenters. The number of alkyl halides is 3. The number of hydrogen-bond acceptors (Lipinski definition) is 8. The van der Waals surface area contributed by atoms with Gasteiger partial charge in [0.15, 0.2) is 5.69 Å². The molecule has 2 N–H and O–H groups in total. The van der Waals surface area contributed by atoms with E-state index in [0.29, 0.717) is 70.8 Å². The topological polar surface area (TPSA) is 132 Å². The Hall–Kier alpha value is -3.84. The number of aromatic nitrogens is 2. The molecule has 11 nitrogen and oxygen atoms in total. The Morgan fingerprint density at radius 1 is 0.976 bits per heavy atom. The third-order valence-corrected chi connectivity index (χ3v) is 8.36. The van der Waals surface area contributed by atoms with E-state index in [0.717, 1.165) is 12.8 Å². The summed E-state index contributed by atoms with van der Waals surface area (Å²) in [6.07, 6.45) is 0.471. The number of anilines is 3. The van der Waals surface area contributed by atoms with Gasteiger partial charge in [-0.1, -0.05) is 6.92 Å².